The number of nitrogens with zero attached hydrogens (tertiary/aromatic N) is 2. The summed E-state index contributed by atoms with van der Waals surface area (Å²) in [5, 5.41) is 13.1. The lowest BCUT2D eigenvalue weighted by molar-refractivity contribution is -0.154. The van der Waals surface area contributed by atoms with E-state index in [0.29, 0.717) is 32.6 Å². The molecule has 2 heterocycles. The highest BCUT2D eigenvalue weighted by Crippen LogP contribution is 2.30. The Morgan fingerprint density at radius 3 is 2.44 bits per heavy atom. The highest BCUT2D eigenvalue weighted by atomic mass is 16.6. The number of pyridine rings is 1. The van der Waals surface area contributed by atoms with Gasteiger partial charge in [-0.15, -0.1) is 0 Å². The van der Waals surface area contributed by atoms with Gasteiger partial charge >= 0.3 is 5.97 Å². The number of aliphatic hydroxyl groups is 1. The molecule has 1 unspecified atom stereocenters. The highest BCUT2D eigenvalue weighted by Gasteiger charge is 2.36. The van der Waals surface area contributed by atoms with E-state index < -0.39 is 23.4 Å². The number of hydrogen-bond acceptors (Lipinski definition) is 8. The van der Waals surface area contributed by atoms with Gasteiger partial charge in [-0.05, 0) is 46.1 Å². The van der Waals surface area contributed by atoms with Gasteiger partial charge in [0.2, 0.25) is 5.91 Å². The molecular weight excluding hydrogens is 570 g/mol. The van der Waals surface area contributed by atoms with Crippen molar-refractivity contribution in [2.24, 2.45) is 17.3 Å². The van der Waals surface area contributed by atoms with Crippen LogP contribution >= 0.6 is 0 Å². The van der Waals surface area contributed by atoms with Crippen LogP contribution in [0, 0.1) is 17.3 Å². The summed E-state index contributed by atoms with van der Waals surface area (Å²) < 4.78 is 10.9. The Morgan fingerprint density at radius 2 is 1.82 bits per heavy atom. The number of benzene rings is 2. The van der Waals surface area contributed by atoms with Crippen LogP contribution in [-0.4, -0.2) is 65.2 Å². The van der Waals surface area contributed by atoms with Crippen LogP contribution in [0.2, 0.25) is 0 Å². The first-order chi connectivity index (χ1) is 21.6. The minimum absolute atomic E-state index is 0.0796. The number of aromatic nitrogens is 1. The van der Waals surface area contributed by atoms with Crippen molar-refractivity contribution in [2.75, 3.05) is 19.8 Å². The predicted octanol–water partition coefficient (Wildman–Crippen LogP) is 4.78. The van der Waals surface area contributed by atoms with Crippen LogP contribution in [0.4, 0.5) is 0 Å². The first-order valence-corrected chi connectivity index (χ1v) is 15.6. The second-order valence-electron chi connectivity index (χ2n) is 12.8. The zero-order valence-electron chi connectivity index (χ0n) is 26.4. The molecule has 1 fully saturated rings. The molecule has 1 aliphatic heterocycles. The lowest BCUT2D eigenvalue weighted by Gasteiger charge is -2.34. The summed E-state index contributed by atoms with van der Waals surface area (Å²) in [6.45, 7) is 7.06. The molecule has 0 aliphatic carbocycles. The number of hydrogen-bond donors (Lipinski definition) is 2. The lowest BCUT2D eigenvalue weighted by Crippen LogP contribution is -2.51. The molecule has 1 aromatic heterocycles. The molecule has 9 nitrogen and oxygen atoms in total. The molecule has 240 valence electrons. The average Bonchev–Trinajstić information content (AvgIpc) is 3.53. The van der Waals surface area contributed by atoms with E-state index >= 15 is 0 Å². The van der Waals surface area contributed by atoms with Gasteiger partial charge in [0.15, 0.2) is 0 Å². The third kappa shape index (κ3) is 10.6. The van der Waals surface area contributed by atoms with E-state index in [1.54, 1.807) is 17.4 Å². The van der Waals surface area contributed by atoms with Crippen LogP contribution in [-0.2, 0) is 36.8 Å². The van der Waals surface area contributed by atoms with Crippen LogP contribution in [0.1, 0.15) is 51.2 Å². The molecule has 0 bridgehead atoms. The van der Waals surface area contributed by atoms with Gasteiger partial charge in [-0.1, -0.05) is 81.4 Å². The molecule has 0 saturated carbocycles. The van der Waals surface area contributed by atoms with Crippen molar-refractivity contribution in [3.63, 3.8) is 0 Å². The van der Waals surface area contributed by atoms with Crippen molar-refractivity contribution >= 4 is 18.2 Å². The summed E-state index contributed by atoms with van der Waals surface area (Å²) >= 11 is 0. The zero-order valence-corrected chi connectivity index (χ0v) is 26.4. The monoisotopic (exact) mass is 615 g/mol. The number of nitrogens with one attached hydrogen (secondary N) is 1. The fourth-order valence-corrected chi connectivity index (χ4v) is 5.53. The second kappa shape index (κ2) is 16.4. The van der Waals surface area contributed by atoms with Gasteiger partial charge in [-0.2, -0.15) is 0 Å². The minimum Gasteiger partial charge on any atom is -0.460 e. The molecule has 1 amide bonds. The zero-order chi connectivity index (χ0) is 32.2. The average molecular weight is 616 g/mol. The third-order valence-electron chi connectivity index (χ3n) is 8.20. The van der Waals surface area contributed by atoms with Gasteiger partial charge < -0.3 is 19.4 Å². The molecule has 0 radical (unpaired) electrons. The Balaban J connectivity index is 1.52. The van der Waals surface area contributed by atoms with Gasteiger partial charge in [-0.3, -0.25) is 20.0 Å². The van der Waals surface area contributed by atoms with E-state index in [1.807, 2.05) is 87.5 Å². The van der Waals surface area contributed by atoms with Gasteiger partial charge in [0, 0.05) is 38.3 Å². The Bertz CT molecular complexity index is 1360. The molecule has 2 aromatic carbocycles. The van der Waals surface area contributed by atoms with E-state index in [1.165, 1.54) is 0 Å². The number of aldehydes is 1. The van der Waals surface area contributed by atoms with Crippen LogP contribution in [0.5, 0.6) is 0 Å². The number of amides is 1. The summed E-state index contributed by atoms with van der Waals surface area (Å²) in [6.07, 6.45) is 4.42. The summed E-state index contributed by atoms with van der Waals surface area (Å²) in [5.74, 6) is -1.81. The van der Waals surface area contributed by atoms with Crippen LogP contribution in [0.25, 0.3) is 11.1 Å². The van der Waals surface area contributed by atoms with E-state index in [9.17, 15) is 19.5 Å². The molecule has 4 atom stereocenters. The fourth-order valence-electron chi connectivity index (χ4n) is 5.53. The molecule has 45 heavy (non-hydrogen) atoms. The number of ether oxygens (including phenoxy) is 2. The Hall–Kier alpha value is -3.92. The summed E-state index contributed by atoms with van der Waals surface area (Å²) in [6, 6.07) is 21.5. The Kier molecular flexibility index (Phi) is 12.4. The molecular formula is C36H45N3O6. The van der Waals surface area contributed by atoms with E-state index in [0.717, 1.165) is 28.5 Å². The highest BCUT2D eigenvalue weighted by molar-refractivity contribution is 5.84. The number of rotatable bonds is 15. The number of aliphatic hydroxyl groups excluding tert-OH is 1. The molecule has 0 spiro atoms. The topological polar surface area (TPSA) is 118 Å². The van der Waals surface area contributed by atoms with Gasteiger partial charge in [0.1, 0.15) is 12.4 Å². The first kappa shape index (κ1) is 34.0. The van der Waals surface area contributed by atoms with Crippen LogP contribution < -0.4 is 5.43 Å². The summed E-state index contributed by atoms with van der Waals surface area (Å²) in [4.78, 5) is 42.5. The summed E-state index contributed by atoms with van der Waals surface area (Å²) in [7, 11) is 0. The molecule has 9 heteroatoms. The Morgan fingerprint density at radius 1 is 1.07 bits per heavy atom. The second-order valence-corrected chi connectivity index (χ2v) is 12.8. The first-order valence-electron chi connectivity index (χ1n) is 15.6. The quantitative estimate of drug-likeness (QED) is 0.143. The van der Waals surface area contributed by atoms with Gasteiger partial charge in [0.25, 0.3) is 0 Å². The van der Waals surface area contributed by atoms with E-state index in [2.05, 4.69) is 10.4 Å². The molecule has 1 aliphatic rings. The summed E-state index contributed by atoms with van der Waals surface area (Å²) in [5.41, 5.74) is 6.40. The molecule has 1 saturated heterocycles. The van der Waals surface area contributed by atoms with Gasteiger partial charge in [0.05, 0.1) is 31.7 Å². The van der Waals surface area contributed by atoms with Crippen LogP contribution in [0.3, 0.4) is 0 Å². The molecule has 3 aromatic rings. The van der Waals surface area contributed by atoms with Gasteiger partial charge in [-0.25, -0.2) is 5.01 Å². The number of carbonyl (C=O) groups is 3. The lowest BCUT2D eigenvalue weighted by atomic mass is 9.78. The standard InChI is InChI=1S/C36H45N3O6/c1-36(2,3)32(21-34(42)45-31-16-19-44-25-31)35(43)38-39(23-27-11-13-28(14-12-27)30-10-7-17-37-22-30)24-33(41)29(15-18-40)20-26-8-5-4-6-9-26/h4-14,17-18,22,29,31-33,41H,15-16,19-21,23-25H2,1-3H3,(H,38,43)/t29-,31?,32+,33-/m0/s1. The minimum atomic E-state index is -0.911. The largest absolute Gasteiger partial charge is 0.460 e. The van der Waals surface area contributed by atoms with Crippen LogP contribution in [0.15, 0.2) is 79.1 Å². The Labute approximate surface area is 265 Å². The van der Waals surface area contributed by atoms with E-state index in [4.69, 9.17) is 9.47 Å². The van der Waals surface area contributed by atoms with Crippen molar-refractivity contribution in [3.05, 3.63) is 90.3 Å². The number of hydrazine groups is 1. The molecule has 4 rings (SSSR count). The smallest absolute Gasteiger partial charge is 0.306 e. The third-order valence-corrected chi connectivity index (χ3v) is 8.20. The number of esters is 1. The van der Waals surface area contributed by atoms with E-state index in [-0.39, 0.29) is 37.3 Å². The van der Waals surface area contributed by atoms with Crippen molar-refractivity contribution in [2.45, 2.75) is 65.2 Å². The maximum absolute atomic E-state index is 13.8. The number of carbonyl (C=O) groups excluding carboxylic acids is 3. The molecule has 2 N–H and O–H groups in total. The maximum Gasteiger partial charge on any atom is 0.306 e. The maximum atomic E-state index is 13.8. The van der Waals surface area contributed by atoms with Crippen molar-refractivity contribution in [1.82, 2.24) is 15.4 Å². The van der Waals surface area contributed by atoms with Crippen molar-refractivity contribution < 1.29 is 29.0 Å². The SMILES string of the molecule is CC(C)(C)[C@H](CC(=O)OC1CCOC1)C(=O)NN(Cc1ccc(-c2cccnc2)cc1)C[C@H](O)[C@@H](CC=O)Cc1ccccc1. The van der Waals surface area contributed by atoms with Crippen molar-refractivity contribution in [1.29, 1.82) is 0 Å². The normalized spacial score (nSPS) is 17.0. The fraction of sp³-hybridized carbons (Fsp3) is 0.444. The van der Waals surface area contributed by atoms with Crippen molar-refractivity contribution in [3.8, 4) is 11.1 Å². The predicted molar refractivity (Wildman–Crippen MR) is 171 cm³/mol.